The van der Waals surface area contributed by atoms with E-state index in [-0.39, 0.29) is 29.7 Å². The second-order valence-electron chi connectivity index (χ2n) is 5.94. The second-order valence-corrected chi connectivity index (χ2v) is 5.94. The SMILES string of the molecule is CCO[C@@H]1CCCN(C(=O)Cn2[nH]c(=O)c3ccccc3c2=O)C1. The summed E-state index contributed by atoms with van der Waals surface area (Å²) in [7, 11) is 0. The summed E-state index contributed by atoms with van der Waals surface area (Å²) in [5, 5.41) is 3.15. The fourth-order valence-corrected chi connectivity index (χ4v) is 3.13. The lowest BCUT2D eigenvalue weighted by molar-refractivity contribution is -0.136. The number of H-pyrrole nitrogens is 1. The number of nitrogens with zero attached hydrogens (tertiary/aromatic N) is 2. The second kappa shape index (κ2) is 7.00. The molecule has 1 aliphatic heterocycles. The monoisotopic (exact) mass is 331 g/mol. The van der Waals surface area contributed by atoms with Crippen molar-refractivity contribution in [2.45, 2.75) is 32.4 Å². The fraction of sp³-hybridized carbons (Fsp3) is 0.471. The first-order valence-electron chi connectivity index (χ1n) is 8.21. The van der Waals surface area contributed by atoms with Crippen molar-refractivity contribution in [2.24, 2.45) is 0 Å². The van der Waals surface area contributed by atoms with E-state index in [4.69, 9.17) is 4.74 Å². The van der Waals surface area contributed by atoms with E-state index >= 15 is 0 Å². The Morgan fingerprint density at radius 3 is 2.79 bits per heavy atom. The van der Waals surface area contributed by atoms with Crippen molar-refractivity contribution in [1.82, 2.24) is 14.7 Å². The maximum atomic E-state index is 12.5. The number of hydrogen-bond donors (Lipinski definition) is 1. The summed E-state index contributed by atoms with van der Waals surface area (Å²) >= 11 is 0. The van der Waals surface area contributed by atoms with Gasteiger partial charge in [-0.2, -0.15) is 0 Å². The predicted octanol–water partition coefficient (Wildman–Crippen LogP) is 0.717. The van der Waals surface area contributed by atoms with Gasteiger partial charge in [-0.1, -0.05) is 12.1 Å². The lowest BCUT2D eigenvalue weighted by Gasteiger charge is -2.32. The van der Waals surface area contributed by atoms with E-state index in [2.05, 4.69) is 5.10 Å². The van der Waals surface area contributed by atoms with Crippen molar-refractivity contribution in [2.75, 3.05) is 19.7 Å². The minimum atomic E-state index is -0.371. The van der Waals surface area contributed by atoms with Gasteiger partial charge < -0.3 is 9.64 Å². The molecule has 7 heteroatoms. The molecule has 0 radical (unpaired) electrons. The quantitative estimate of drug-likeness (QED) is 0.894. The molecule has 2 aromatic rings. The standard InChI is InChI=1S/C17H21N3O4/c1-2-24-12-6-5-9-19(10-12)15(21)11-20-17(23)14-8-4-3-7-13(14)16(22)18-20/h3-4,7-8,12H,2,5-6,9-11H2,1H3,(H,18,22)/t12-/m1/s1. The van der Waals surface area contributed by atoms with E-state index in [9.17, 15) is 14.4 Å². The summed E-state index contributed by atoms with van der Waals surface area (Å²) in [5.41, 5.74) is -0.735. The maximum absolute atomic E-state index is 12.5. The molecule has 1 fully saturated rings. The Bertz CT molecular complexity index is 853. The number of ether oxygens (including phenoxy) is 1. The summed E-state index contributed by atoms with van der Waals surface area (Å²) < 4.78 is 6.69. The van der Waals surface area contributed by atoms with Gasteiger partial charge in [0.2, 0.25) is 5.91 Å². The first kappa shape index (κ1) is 16.4. The van der Waals surface area contributed by atoms with Crippen LogP contribution >= 0.6 is 0 Å². The van der Waals surface area contributed by atoms with Gasteiger partial charge in [0.15, 0.2) is 0 Å². The van der Waals surface area contributed by atoms with E-state index in [0.717, 1.165) is 17.5 Å². The van der Waals surface area contributed by atoms with Gasteiger partial charge in [-0.3, -0.25) is 19.5 Å². The van der Waals surface area contributed by atoms with Crippen molar-refractivity contribution in [3.63, 3.8) is 0 Å². The molecule has 1 aliphatic rings. The molecule has 0 spiro atoms. The molecule has 1 amide bonds. The molecule has 0 bridgehead atoms. The van der Waals surface area contributed by atoms with Gasteiger partial charge >= 0.3 is 0 Å². The van der Waals surface area contributed by atoms with Crippen LogP contribution in [0.25, 0.3) is 10.8 Å². The van der Waals surface area contributed by atoms with Crippen LogP contribution in [-0.4, -0.2) is 46.4 Å². The van der Waals surface area contributed by atoms with E-state index in [0.29, 0.717) is 30.5 Å². The predicted molar refractivity (Wildman–Crippen MR) is 90.1 cm³/mol. The number of benzene rings is 1. The molecule has 1 aromatic heterocycles. The zero-order valence-electron chi connectivity index (χ0n) is 13.7. The Morgan fingerprint density at radius 2 is 2.04 bits per heavy atom. The smallest absolute Gasteiger partial charge is 0.273 e. The largest absolute Gasteiger partial charge is 0.377 e. The minimum Gasteiger partial charge on any atom is -0.377 e. The minimum absolute atomic E-state index is 0.0417. The number of amides is 1. The molecular formula is C17H21N3O4. The fourth-order valence-electron chi connectivity index (χ4n) is 3.13. The first-order valence-corrected chi connectivity index (χ1v) is 8.21. The molecule has 2 heterocycles. The van der Waals surface area contributed by atoms with Crippen molar-refractivity contribution in [1.29, 1.82) is 0 Å². The third-order valence-electron chi connectivity index (χ3n) is 4.31. The highest BCUT2D eigenvalue weighted by atomic mass is 16.5. The number of fused-ring (bicyclic) bond motifs is 1. The van der Waals surface area contributed by atoms with Gasteiger partial charge in [0.1, 0.15) is 6.54 Å². The van der Waals surface area contributed by atoms with Crippen LogP contribution in [0.2, 0.25) is 0 Å². The zero-order chi connectivity index (χ0) is 17.1. The van der Waals surface area contributed by atoms with Gasteiger partial charge in [-0.15, -0.1) is 0 Å². The molecule has 1 N–H and O–H groups in total. The highest BCUT2D eigenvalue weighted by Crippen LogP contribution is 2.13. The maximum Gasteiger partial charge on any atom is 0.273 e. The molecule has 128 valence electrons. The molecule has 1 atom stereocenters. The number of rotatable bonds is 4. The lowest BCUT2D eigenvalue weighted by atomic mass is 10.1. The number of carbonyl (C=O) groups excluding carboxylic acids is 1. The van der Waals surface area contributed by atoms with Crippen LogP contribution in [0.4, 0.5) is 0 Å². The van der Waals surface area contributed by atoms with Crippen molar-refractivity contribution >= 4 is 16.7 Å². The van der Waals surface area contributed by atoms with Gasteiger partial charge in [-0.25, -0.2) is 4.68 Å². The van der Waals surface area contributed by atoms with Gasteiger partial charge in [-0.05, 0) is 31.9 Å². The number of nitrogens with one attached hydrogen (secondary N) is 1. The summed E-state index contributed by atoms with van der Waals surface area (Å²) in [6, 6.07) is 6.60. The van der Waals surface area contributed by atoms with Crippen LogP contribution in [0.15, 0.2) is 33.9 Å². The van der Waals surface area contributed by atoms with Crippen molar-refractivity contribution in [3.05, 3.63) is 45.0 Å². The number of aromatic amines is 1. The lowest BCUT2D eigenvalue weighted by Crippen LogP contribution is -2.46. The van der Waals surface area contributed by atoms with E-state index in [1.54, 1.807) is 29.2 Å². The van der Waals surface area contributed by atoms with Gasteiger partial charge in [0.05, 0.1) is 16.9 Å². The number of piperidine rings is 1. The third kappa shape index (κ3) is 3.26. The van der Waals surface area contributed by atoms with Crippen LogP contribution in [0, 0.1) is 0 Å². The highest BCUT2D eigenvalue weighted by molar-refractivity contribution is 5.81. The number of likely N-dealkylation sites (tertiary alicyclic amines) is 1. The Labute approximate surface area is 138 Å². The highest BCUT2D eigenvalue weighted by Gasteiger charge is 2.24. The molecular weight excluding hydrogens is 310 g/mol. The summed E-state index contributed by atoms with van der Waals surface area (Å²) in [6.45, 7) is 3.55. The Kier molecular flexibility index (Phi) is 4.80. The van der Waals surface area contributed by atoms with Crippen LogP contribution in [-0.2, 0) is 16.1 Å². The molecule has 0 aliphatic carbocycles. The van der Waals surface area contributed by atoms with Crippen LogP contribution in [0.1, 0.15) is 19.8 Å². The Morgan fingerprint density at radius 1 is 1.29 bits per heavy atom. The molecule has 1 aromatic carbocycles. The van der Waals surface area contributed by atoms with Crippen LogP contribution < -0.4 is 11.1 Å². The van der Waals surface area contributed by atoms with Gasteiger partial charge in [0.25, 0.3) is 11.1 Å². The molecule has 7 nitrogen and oxygen atoms in total. The van der Waals surface area contributed by atoms with E-state index in [1.807, 2.05) is 6.92 Å². The normalized spacial score (nSPS) is 18.0. The van der Waals surface area contributed by atoms with Crippen LogP contribution in [0.5, 0.6) is 0 Å². The average Bonchev–Trinajstić information content (AvgIpc) is 2.60. The number of carbonyl (C=O) groups is 1. The average molecular weight is 331 g/mol. The number of aromatic nitrogens is 2. The summed E-state index contributed by atoms with van der Waals surface area (Å²) in [5.74, 6) is -0.188. The molecule has 3 rings (SSSR count). The topological polar surface area (TPSA) is 84.4 Å². The van der Waals surface area contributed by atoms with Crippen molar-refractivity contribution in [3.8, 4) is 0 Å². The molecule has 24 heavy (non-hydrogen) atoms. The molecule has 0 saturated carbocycles. The van der Waals surface area contributed by atoms with E-state index in [1.165, 1.54) is 0 Å². The summed E-state index contributed by atoms with van der Waals surface area (Å²) in [4.78, 5) is 38.8. The summed E-state index contributed by atoms with van der Waals surface area (Å²) in [6.07, 6.45) is 1.85. The van der Waals surface area contributed by atoms with Crippen LogP contribution in [0.3, 0.4) is 0 Å². The first-order chi connectivity index (χ1) is 11.6. The number of hydrogen-bond acceptors (Lipinski definition) is 4. The molecule has 0 unspecified atom stereocenters. The van der Waals surface area contributed by atoms with Crippen molar-refractivity contribution < 1.29 is 9.53 Å². The third-order valence-corrected chi connectivity index (χ3v) is 4.31. The molecule has 1 saturated heterocycles. The van der Waals surface area contributed by atoms with E-state index < -0.39 is 0 Å². The Hall–Kier alpha value is -2.41. The zero-order valence-corrected chi connectivity index (χ0v) is 13.7. The Balaban J connectivity index is 1.82. The van der Waals surface area contributed by atoms with Gasteiger partial charge in [0, 0.05) is 19.7 Å².